The standard InChI is InChI=1S/C8H8F3NO3S/c1-12-6-2-4-7(5-3-6)15-16(13,14)8(9,10)11/h2-5,12H,1H3. The van der Waals surface area contributed by atoms with Crippen LogP contribution < -0.4 is 9.50 Å². The molecule has 0 bridgehead atoms. The van der Waals surface area contributed by atoms with Gasteiger partial charge in [0.25, 0.3) is 0 Å². The van der Waals surface area contributed by atoms with Crippen LogP contribution in [0.15, 0.2) is 24.3 Å². The van der Waals surface area contributed by atoms with E-state index in [4.69, 9.17) is 0 Å². The number of anilines is 1. The van der Waals surface area contributed by atoms with E-state index < -0.39 is 21.4 Å². The van der Waals surface area contributed by atoms with Gasteiger partial charge in [-0.3, -0.25) is 0 Å². The predicted molar refractivity (Wildman–Crippen MR) is 51.6 cm³/mol. The van der Waals surface area contributed by atoms with Crippen molar-refractivity contribution in [2.45, 2.75) is 5.51 Å². The normalized spacial score (nSPS) is 12.2. The lowest BCUT2D eigenvalue weighted by Gasteiger charge is -2.09. The van der Waals surface area contributed by atoms with E-state index >= 15 is 0 Å². The summed E-state index contributed by atoms with van der Waals surface area (Å²) in [5.74, 6) is -0.392. The summed E-state index contributed by atoms with van der Waals surface area (Å²) in [6, 6.07) is 5.02. The van der Waals surface area contributed by atoms with E-state index in [2.05, 4.69) is 9.50 Å². The van der Waals surface area contributed by atoms with Crippen molar-refractivity contribution in [3.63, 3.8) is 0 Å². The van der Waals surface area contributed by atoms with Crippen molar-refractivity contribution in [1.82, 2.24) is 0 Å². The maximum atomic E-state index is 11.9. The molecule has 1 rings (SSSR count). The van der Waals surface area contributed by atoms with Gasteiger partial charge in [0.1, 0.15) is 5.75 Å². The first-order chi connectivity index (χ1) is 7.26. The Kier molecular flexibility index (Phi) is 3.32. The lowest BCUT2D eigenvalue weighted by Crippen LogP contribution is -2.28. The van der Waals surface area contributed by atoms with Gasteiger partial charge in [0.2, 0.25) is 0 Å². The summed E-state index contributed by atoms with van der Waals surface area (Å²) in [7, 11) is -3.98. The first-order valence-electron chi connectivity index (χ1n) is 4.05. The smallest absolute Gasteiger partial charge is 0.388 e. The van der Waals surface area contributed by atoms with E-state index in [-0.39, 0.29) is 0 Å². The Balaban J connectivity index is 2.89. The summed E-state index contributed by atoms with van der Waals surface area (Å²) in [6.07, 6.45) is 0. The maximum Gasteiger partial charge on any atom is 0.534 e. The van der Waals surface area contributed by atoms with Crippen LogP contribution in [0.1, 0.15) is 0 Å². The van der Waals surface area contributed by atoms with Crippen LogP contribution in [0.5, 0.6) is 5.75 Å². The van der Waals surface area contributed by atoms with Gasteiger partial charge < -0.3 is 9.50 Å². The van der Waals surface area contributed by atoms with Crippen molar-refractivity contribution in [3.05, 3.63) is 24.3 Å². The molecule has 0 aliphatic carbocycles. The van der Waals surface area contributed by atoms with E-state index in [1.165, 1.54) is 12.1 Å². The molecular weight excluding hydrogens is 247 g/mol. The molecule has 0 saturated carbocycles. The van der Waals surface area contributed by atoms with Crippen molar-refractivity contribution >= 4 is 15.8 Å². The molecule has 1 aromatic rings. The quantitative estimate of drug-likeness (QED) is 0.662. The molecule has 8 heteroatoms. The molecule has 4 nitrogen and oxygen atoms in total. The van der Waals surface area contributed by atoms with Crippen molar-refractivity contribution in [2.24, 2.45) is 0 Å². The summed E-state index contributed by atoms with van der Waals surface area (Å²) in [5, 5.41) is 2.72. The minimum atomic E-state index is -5.59. The van der Waals surface area contributed by atoms with Crippen molar-refractivity contribution in [1.29, 1.82) is 0 Å². The van der Waals surface area contributed by atoms with Crippen LogP contribution in [0.4, 0.5) is 18.9 Å². The second-order valence-corrected chi connectivity index (χ2v) is 4.30. The molecule has 1 N–H and O–H groups in total. The van der Waals surface area contributed by atoms with Gasteiger partial charge in [-0.1, -0.05) is 0 Å². The average molecular weight is 255 g/mol. The van der Waals surface area contributed by atoms with Crippen LogP contribution >= 0.6 is 0 Å². The number of rotatable bonds is 3. The lowest BCUT2D eigenvalue weighted by atomic mass is 10.3. The fourth-order valence-corrected chi connectivity index (χ4v) is 1.31. The molecule has 90 valence electrons. The zero-order valence-electron chi connectivity index (χ0n) is 8.08. The Morgan fingerprint density at radius 3 is 2.06 bits per heavy atom. The number of hydrogen-bond donors (Lipinski definition) is 1. The number of nitrogens with one attached hydrogen (secondary N) is 1. The first-order valence-corrected chi connectivity index (χ1v) is 5.45. The Morgan fingerprint density at radius 2 is 1.69 bits per heavy atom. The third-order valence-electron chi connectivity index (χ3n) is 1.63. The molecule has 0 saturated heterocycles. The van der Waals surface area contributed by atoms with E-state index in [1.807, 2.05) is 0 Å². The fraction of sp³-hybridized carbons (Fsp3) is 0.250. The topological polar surface area (TPSA) is 55.4 Å². The summed E-state index contributed by atoms with van der Waals surface area (Å²) >= 11 is 0. The van der Waals surface area contributed by atoms with E-state index in [1.54, 1.807) is 7.05 Å². The van der Waals surface area contributed by atoms with Crippen molar-refractivity contribution < 1.29 is 25.8 Å². The van der Waals surface area contributed by atoms with Gasteiger partial charge in [-0.15, -0.1) is 0 Å². The number of alkyl halides is 3. The molecule has 0 aliphatic heterocycles. The highest BCUT2D eigenvalue weighted by Crippen LogP contribution is 2.27. The second-order valence-electron chi connectivity index (χ2n) is 2.76. The summed E-state index contributed by atoms with van der Waals surface area (Å²) in [6.45, 7) is 0. The fourth-order valence-electron chi connectivity index (χ4n) is 0.851. The molecule has 0 radical (unpaired) electrons. The maximum absolute atomic E-state index is 11.9. The molecule has 0 aliphatic rings. The molecule has 0 atom stereocenters. The molecule has 0 heterocycles. The van der Waals surface area contributed by atoms with Gasteiger partial charge >= 0.3 is 15.6 Å². The van der Waals surface area contributed by atoms with Gasteiger partial charge in [0.15, 0.2) is 0 Å². The Morgan fingerprint density at radius 1 is 1.19 bits per heavy atom. The summed E-state index contributed by atoms with van der Waals surface area (Å²) < 4.78 is 60.9. The van der Waals surface area contributed by atoms with Gasteiger partial charge in [-0.25, -0.2) is 0 Å². The average Bonchev–Trinajstić information content (AvgIpc) is 2.16. The first kappa shape index (κ1) is 12.6. The zero-order chi connectivity index (χ0) is 12.4. The third kappa shape index (κ3) is 2.78. The van der Waals surface area contributed by atoms with Gasteiger partial charge in [0, 0.05) is 12.7 Å². The van der Waals surface area contributed by atoms with Gasteiger partial charge in [0.05, 0.1) is 0 Å². The largest absolute Gasteiger partial charge is 0.534 e. The summed E-state index contributed by atoms with van der Waals surface area (Å²) in [4.78, 5) is 0. The minimum absolute atomic E-state index is 0.392. The highest BCUT2D eigenvalue weighted by molar-refractivity contribution is 7.87. The van der Waals surface area contributed by atoms with Crippen LogP contribution in [0.25, 0.3) is 0 Å². The highest BCUT2D eigenvalue weighted by atomic mass is 32.2. The minimum Gasteiger partial charge on any atom is -0.388 e. The van der Waals surface area contributed by atoms with E-state index in [0.29, 0.717) is 5.69 Å². The van der Waals surface area contributed by atoms with E-state index in [9.17, 15) is 21.6 Å². The van der Waals surface area contributed by atoms with E-state index in [0.717, 1.165) is 12.1 Å². The van der Waals surface area contributed by atoms with Crippen LogP contribution in [-0.4, -0.2) is 21.0 Å². The Hall–Kier alpha value is -1.44. The molecule has 0 amide bonds. The van der Waals surface area contributed by atoms with Crippen LogP contribution in [0.3, 0.4) is 0 Å². The molecule has 1 aromatic carbocycles. The summed E-state index contributed by atoms with van der Waals surface area (Å²) in [5.41, 5.74) is -4.80. The zero-order valence-corrected chi connectivity index (χ0v) is 8.89. The molecule has 16 heavy (non-hydrogen) atoms. The molecule has 0 aromatic heterocycles. The van der Waals surface area contributed by atoms with Crippen molar-refractivity contribution in [2.75, 3.05) is 12.4 Å². The highest BCUT2D eigenvalue weighted by Gasteiger charge is 2.48. The molecule has 0 unspecified atom stereocenters. The van der Waals surface area contributed by atoms with Gasteiger partial charge in [-0.05, 0) is 24.3 Å². The van der Waals surface area contributed by atoms with Crippen molar-refractivity contribution in [3.8, 4) is 5.75 Å². The monoisotopic (exact) mass is 255 g/mol. The lowest BCUT2D eigenvalue weighted by molar-refractivity contribution is -0.0500. The second kappa shape index (κ2) is 4.20. The van der Waals surface area contributed by atoms with Crippen LogP contribution in [-0.2, 0) is 10.1 Å². The SMILES string of the molecule is CNc1ccc(OS(=O)(=O)C(F)(F)F)cc1. The number of benzene rings is 1. The molecule has 0 spiro atoms. The Bertz CT molecular complexity index is 452. The molecule has 0 fully saturated rings. The van der Waals surface area contributed by atoms with Crippen LogP contribution in [0.2, 0.25) is 0 Å². The van der Waals surface area contributed by atoms with Crippen LogP contribution in [0, 0.1) is 0 Å². The number of hydrogen-bond acceptors (Lipinski definition) is 4. The predicted octanol–water partition coefficient (Wildman–Crippen LogP) is 1.96. The molecular formula is C8H8F3NO3S. The Labute approximate surface area is 90.2 Å². The van der Waals surface area contributed by atoms with Gasteiger partial charge in [-0.2, -0.15) is 21.6 Å². The third-order valence-corrected chi connectivity index (χ3v) is 2.61. The number of halogens is 3.